The molecule has 2 aliphatic rings. The van der Waals surface area contributed by atoms with Gasteiger partial charge in [0.1, 0.15) is 11.6 Å². The Hall–Kier alpha value is -2.70. The lowest BCUT2D eigenvalue weighted by molar-refractivity contribution is -0.131. The third-order valence-corrected chi connectivity index (χ3v) is 5.87. The lowest BCUT2D eigenvalue weighted by Gasteiger charge is -2.30. The van der Waals surface area contributed by atoms with Crippen LogP contribution < -0.4 is 0 Å². The SMILES string of the molecule is Cc1oc(C2CCN(C(=O)Cc3ccc(F)cc3)CC2)nc1C(=O)N1CCCC1. The summed E-state index contributed by atoms with van der Waals surface area (Å²) < 4.78 is 18.9. The van der Waals surface area contributed by atoms with E-state index in [1.165, 1.54) is 12.1 Å². The molecule has 4 rings (SSSR count). The van der Waals surface area contributed by atoms with E-state index in [2.05, 4.69) is 4.98 Å². The lowest BCUT2D eigenvalue weighted by Crippen LogP contribution is -2.38. The number of aryl methyl sites for hydroxylation is 1. The number of rotatable bonds is 4. The summed E-state index contributed by atoms with van der Waals surface area (Å²) in [6.45, 7) is 4.62. The van der Waals surface area contributed by atoms with Crippen LogP contribution in [0.15, 0.2) is 28.7 Å². The van der Waals surface area contributed by atoms with Crippen molar-refractivity contribution in [2.75, 3.05) is 26.2 Å². The number of oxazole rings is 1. The molecule has 154 valence electrons. The fourth-order valence-electron chi connectivity index (χ4n) is 4.12. The van der Waals surface area contributed by atoms with Crippen LogP contribution in [0.4, 0.5) is 4.39 Å². The number of carbonyl (C=O) groups is 2. The largest absolute Gasteiger partial charge is 0.445 e. The van der Waals surface area contributed by atoms with Gasteiger partial charge in [-0.1, -0.05) is 12.1 Å². The quantitative estimate of drug-likeness (QED) is 0.791. The van der Waals surface area contributed by atoms with Gasteiger partial charge in [-0.15, -0.1) is 0 Å². The summed E-state index contributed by atoms with van der Waals surface area (Å²) >= 11 is 0. The van der Waals surface area contributed by atoms with E-state index in [1.54, 1.807) is 19.1 Å². The number of likely N-dealkylation sites (tertiary alicyclic amines) is 2. The summed E-state index contributed by atoms with van der Waals surface area (Å²) in [5, 5.41) is 0. The van der Waals surface area contributed by atoms with Crippen molar-refractivity contribution in [3.63, 3.8) is 0 Å². The van der Waals surface area contributed by atoms with Gasteiger partial charge in [0, 0.05) is 32.1 Å². The van der Waals surface area contributed by atoms with Crippen LogP contribution in [0.5, 0.6) is 0 Å². The molecule has 2 fully saturated rings. The minimum Gasteiger partial charge on any atom is -0.445 e. The molecular formula is C22H26FN3O3. The van der Waals surface area contributed by atoms with E-state index in [-0.39, 0.29) is 30.0 Å². The van der Waals surface area contributed by atoms with E-state index in [0.29, 0.717) is 30.4 Å². The number of nitrogens with zero attached hydrogens (tertiary/aromatic N) is 3. The molecule has 29 heavy (non-hydrogen) atoms. The lowest BCUT2D eigenvalue weighted by atomic mass is 9.96. The van der Waals surface area contributed by atoms with Crippen LogP contribution in [0.1, 0.15) is 59.3 Å². The van der Waals surface area contributed by atoms with Crippen molar-refractivity contribution in [3.05, 3.63) is 53.0 Å². The van der Waals surface area contributed by atoms with Crippen molar-refractivity contribution in [2.45, 2.75) is 44.9 Å². The first-order valence-corrected chi connectivity index (χ1v) is 10.3. The Labute approximate surface area is 169 Å². The fourth-order valence-corrected chi connectivity index (χ4v) is 4.12. The number of piperidine rings is 1. The number of aromatic nitrogens is 1. The molecule has 0 saturated carbocycles. The zero-order valence-electron chi connectivity index (χ0n) is 16.7. The van der Waals surface area contributed by atoms with Gasteiger partial charge < -0.3 is 14.2 Å². The van der Waals surface area contributed by atoms with E-state index in [9.17, 15) is 14.0 Å². The second kappa shape index (κ2) is 8.35. The highest BCUT2D eigenvalue weighted by molar-refractivity contribution is 5.93. The van der Waals surface area contributed by atoms with Gasteiger partial charge in [0.25, 0.3) is 5.91 Å². The van der Waals surface area contributed by atoms with Crippen LogP contribution >= 0.6 is 0 Å². The molecule has 7 heteroatoms. The van der Waals surface area contributed by atoms with Gasteiger partial charge >= 0.3 is 0 Å². The molecule has 0 atom stereocenters. The summed E-state index contributed by atoms with van der Waals surface area (Å²) in [5.74, 6) is 1.00. The Kier molecular flexibility index (Phi) is 5.65. The molecule has 0 unspecified atom stereocenters. The molecule has 0 spiro atoms. The van der Waals surface area contributed by atoms with Gasteiger partial charge in [-0.3, -0.25) is 9.59 Å². The molecule has 0 bridgehead atoms. The molecule has 1 aromatic carbocycles. The first-order valence-electron chi connectivity index (χ1n) is 10.3. The highest BCUT2D eigenvalue weighted by Crippen LogP contribution is 2.29. The fraction of sp³-hybridized carbons (Fsp3) is 0.500. The standard InChI is InChI=1S/C22H26FN3O3/c1-15-20(22(28)26-10-2-3-11-26)24-21(29-15)17-8-12-25(13-9-17)19(27)14-16-4-6-18(23)7-5-16/h4-7,17H,2-3,8-14H2,1H3. The molecule has 1 aromatic heterocycles. The van der Waals surface area contributed by atoms with E-state index in [0.717, 1.165) is 44.3 Å². The zero-order chi connectivity index (χ0) is 20.4. The van der Waals surface area contributed by atoms with Gasteiger partial charge in [0.05, 0.1) is 6.42 Å². The molecular weight excluding hydrogens is 373 g/mol. The maximum Gasteiger partial charge on any atom is 0.276 e. The van der Waals surface area contributed by atoms with Crippen LogP contribution in [0.3, 0.4) is 0 Å². The highest BCUT2D eigenvalue weighted by Gasteiger charge is 2.30. The molecule has 2 amide bonds. The van der Waals surface area contributed by atoms with Crippen molar-refractivity contribution in [2.24, 2.45) is 0 Å². The highest BCUT2D eigenvalue weighted by atomic mass is 19.1. The minimum atomic E-state index is -0.300. The molecule has 0 aliphatic carbocycles. The molecule has 0 N–H and O–H groups in total. The normalized spacial score (nSPS) is 17.7. The van der Waals surface area contributed by atoms with Crippen LogP contribution in [0.2, 0.25) is 0 Å². The number of hydrogen-bond acceptors (Lipinski definition) is 4. The Bertz CT molecular complexity index is 879. The number of amides is 2. The third-order valence-electron chi connectivity index (χ3n) is 5.87. The Morgan fingerprint density at radius 1 is 1.07 bits per heavy atom. The first kappa shape index (κ1) is 19.6. The van der Waals surface area contributed by atoms with Crippen LogP contribution in [-0.4, -0.2) is 52.8 Å². The third kappa shape index (κ3) is 4.33. The summed E-state index contributed by atoms with van der Waals surface area (Å²) in [6.07, 6.45) is 3.87. The zero-order valence-corrected chi connectivity index (χ0v) is 16.7. The molecule has 2 saturated heterocycles. The van der Waals surface area contributed by atoms with Crippen molar-refractivity contribution < 1.29 is 18.4 Å². The number of hydrogen-bond donors (Lipinski definition) is 0. The summed E-state index contributed by atoms with van der Waals surface area (Å²) in [4.78, 5) is 33.4. The Morgan fingerprint density at radius 2 is 1.72 bits per heavy atom. The average molecular weight is 399 g/mol. The molecule has 2 aromatic rings. The van der Waals surface area contributed by atoms with Gasteiger partial charge in [0.2, 0.25) is 5.91 Å². The van der Waals surface area contributed by atoms with Crippen molar-refractivity contribution >= 4 is 11.8 Å². The van der Waals surface area contributed by atoms with Crippen molar-refractivity contribution in [3.8, 4) is 0 Å². The summed E-state index contributed by atoms with van der Waals surface area (Å²) in [6, 6.07) is 6.05. The van der Waals surface area contributed by atoms with Crippen molar-refractivity contribution in [1.29, 1.82) is 0 Å². The van der Waals surface area contributed by atoms with Gasteiger partial charge in [-0.2, -0.15) is 0 Å². The number of benzene rings is 1. The first-order chi connectivity index (χ1) is 14.0. The van der Waals surface area contributed by atoms with E-state index < -0.39 is 0 Å². The van der Waals surface area contributed by atoms with Crippen LogP contribution in [-0.2, 0) is 11.2 Å². The molecule has 2 aliphatic heterocycles. The van der Waals surface area contributed by atoms with Gasteiger partial charge in [-0.25, -0.2) is 9.37 Å². The van der Waals surface area contributed by atoms with Gasteiger partial charge in [-0.05, 0) is 50.3 Å². The monoisotopic (exact) mass is 399 g/mol. The predicted molar refractivity (Wildman–Crippen MR) is 105 cm³/mol. The predicted octanol–water partition coefficient (Wildman–Crippen LogP) is 3.31. The molecule has 3 heterocycles. The van der Waals surface area contributed by atoms with Crippen LogP contribution in [0, 0.1) is 12.7 Å². The topological polar surface area (TPSA) is 66.7 Å². The summed E-state index contributed by atoms with van der Waals surface area (Å²) in [5.41, 5.74) is 1.24. The second-order valence-corrected chi connectivity index (χ2v) is 7.91. The number of halogens is 1. The number of carbonyl (C=O) groups excluding carboxylic acids is 2. The minimum absolute atomic E-state index is 0.0399. The van der Waals surface area contributed by atoms with Gasteiger partial charge in [0.15, 0.2) is 11.6 Å². The smallest absolute Gasteiger partial charge is 0.276 e. The van der Waals surface area contributed by atoms with Crippen molar-refractivity contribution in [1.82, 2.24) is 14.8 Å². The summed E-state index contributed by atoms with van der Waals surface area (Å²) in [7, 11) is 0. The Morgan fingerprint density at radius 3 is 2.38 bits per heavy atom. The van der Waals surface area contributed by atoms with Crippen LogP contribution in [0.25, 0.3) is 0 Å². The second-order valence-electron chi connectivity index (χ2n) is 7.91. The maximum atomic E-state index is 13.0. The molecule has 6 nitrogen and oxygen atoms in total. The van der Waals surface area contributed by atoms with E-state index in [1.807, 2.05) is 9.80 Å². The average Bonchev–Trinajstić information content (AvgIpc) is 3.39. The molecule has 0 radical (unpaired) electrons. The van der Waals surface area contributed by atoms with E-state index >= 15 is 0 Å². The maximum absolute atomic E-state index is 13.0. The Balaban J connectivity index is 1.34. The van der Waals surface area contributed by atoms with E-state index in [4.69, 9.17) is 4.42 Å².